The van der Waals surface area contributed by atoms with Gasteiger partial charge < -0.3 is 5.11 Å². The molecule has 0 saturated heterocycles. The molecule has 0 amide bonds. The fraction of sp³-hybridized carbons (Fsp3) is 1.00. The third-order valence-corrected chi connectivity index (χ3v) is 4.79. The standard InChI is InChI=1S/C15H28O/c16-15(14-9-5-2-6-10-14)12-11-13-7-3-1-4-8-13/h13-16H,1-12H2. The molecule has 1 unspecified atom stereocenters. The lowest BCUT2D eigenvalue weighted by molar-refractivity contribution is 0.0692. The minimum absolute atomic E-state index is 0.0160. The zero-order chi connectivity index (χ0) is 11.2. The Hall–Kier alpha value is -0.0400. The molecule has 0 aliphatic heterocycles. The highest BCUT2D eigenvalue weighted by atomic mass is 16.3. The van der Waals surface area contributed by atoms with Crippen LogP contribution in [0.5, 0.6) is 0 Å². The number of hydrogen-bond donors (Lipinski definition) is 1. The zero-order valence-electron chi connectivity index (χ0n) is 10.7. The first-order valence-corrected chi connectivity index (χ1v) is 7.54. The minimum Gasteiger partial charge on any atom is -0.393 e. The largest absolute Gasteiger partial charge is 0.393 e. The molecule has 94 valence electrons. The highest BCUT2D eigenvalue weighted by Gasteiger charge is 2.23. The Labute approximate surface area is 101 Å². The van der Waals surface area contributed by atoms with Crippen LogP contribution in [0.2, 0.25) is 0 Å². The third-order valence-electron chi connectivity index (χ3n) is 4.79. The first-order valence-electron chi connectivity index (χ1n) is 7.54. The Bertz CT molecular complexity index is 178. The summed E-state index contributed by atoms with van der Waals surface area (Å²) < 4.78 is 0. The van der Waals surface area contributed by atoms with Crippen LogP contribution in [0.25, 0.3) is 0 Å². The SMILES string of the molecule is OC(CCC1CCCCC1)C1CCCCC1. The van der Waals surface area contributed by atoms with Crippen LogP contribution in [0, 0.1) is 11.8 Å². The summed E-state index contributed by atoms with van der Waals surface area (Å²) in [4.78, 5) is 0. The van der Waals surface area contributed by atoms with Crippen LogP contribution in [0.4, 0.5) is 0 Å². The van der Waals surface area contributed by atoms with E-state index in [2.05, 4.69) is 0 Å². The van der Waals surface area contributed by atoms with Gasteiger partial charge in [0.05, 0.1) is 6.10 Å². The van der Waals surface area contributed by atoms with Crippen molar-refractivity contribution in [2.45, 2.75) is 83.2 Å². The molecule has 2 aliphatic carbocycles. The fourth-order valence-corrected chi connectivity index (χ4v) is 3.64. The van der Waals surface area contributed by atoms with Gasteiger partial charge in [0.15, 0.2) is 0 Å². The fourth-order valence-electron chi connectivity index (χ4n) is 3.64. The number of rotatable bonds is 4. The second-order valence-electron chi connectivity index (χ2n) is 6.05. The molecule has 0 bridgehead atoms. The van der Waals surface area contributed by atoms with Crippen LogP contribution in [-0.2, 0) is 0 Å². The lowest BCUT2D eigenvalue weighted by Gasteiger charge is -2.28. The lowest BCUT2D eigenvalue weighted by Crippen LogP contribution is -2.23. The first kappa shape index (κ1) is 12.4. The highest BCUT2D eigenvalue weighted by molar-refractivity contribution is 4.75. The molecular weight excluding hydrogens is 196 g/mol. The van der Waals surface area contributed by atoms with Gasteiger partial charge in [-0.2, -0.15) is 0 Å². The van der Waals surface area contributed by atoms with Crippen molar-refractivity contribution in [3.05, 3.63) is 0 Å². The molecule has 2 rings (SSSR count). The summed E-state index contributed by atoms with van der Waals surface area (Å²) in [7, 11) is 0. The average molecular weight is 224 g/mol. The molecule has 16 heavy (non-hydrogen) atoms. The Morgan fingerprint density at radius 1 is 0.812 bits per heavy atom. The summed E-state index contributed by atoms with van der Waals surface area (Å²) in [6.45, 7) is 0. The monoisotopic (exact) mass is 224 g/mol. The molecule has 1 heteroatoms. The highest BCUT2D eigenvalue weighted by Crippen LogP contribution is 2.32. The first-order chi connectivity index (χ1) is 7.86. The zero-order valence-corrected chi connectivity index (χ0v) is 10.7. The van der Waals surface area contributed by atoms with E-state index in [4.69, 9.17) is 0 Å². The molecule has 0 aromatic rings. The van der Waals surface area contributed by atoms with E-state index < -0.39 is 0 Å². The maximum Gasteiger partial charge on any atom is 0.0568 e. The van der Waals surface area contributed by atoms with Crippen LogP contribution < -0.4 is 0 Å². The molecule has 2 fully saturated rings. The van der Waals surface area contributed by atoms with Crippen LogP contribution in [0.15, 0.2) is 0 Å². The van der Waals surface area contributed by atoms with Crippen LogP contribution in [-0.4, -0.2) is 11.2 Å². The normalized spacial score (nSPS) is 26.8. The van der Waals surface area contributed by atoms with Crippen molar-refractivity contribution >= 4 is 0 Å². The van der Waals surface area contributed by atoms with Gasteiger partial charge in [0.25, 0.3) is 0 Å². The maximum absolute atomic E-state index is 10.2. The molecule has 2 aliphatic rings. The van der Waals surface area contributed by atoms with Crippen LogP contribution >= 0.6 is 0 Å². The summed E-state index contributed by atoms with van der Waals surface area (Å²) in [5, 5.41) is 10.2. The molecule has 0 aromatic carbocycles. The number of aliphatic hydroxyl groups is 1. The topological polar surface area (TPSA) is 20.2 Å². The Morgan fingerprint density at radius 3 is 2.00 bits per heavy atom. The van der Waals surface area contributed by atoms with Crippen molar-refractivity contribution in [3.8, 4) is 0 Å². The number of aliphatic hydroxyl groups excluding tert-OH is 1. The number of hydrogen-bond acceptors (Lipinski definition) is 1. The van der Waals surface area contributed by atoms with Crippen molar-refractivity contribution < 1.29 is 5.11 Å². The van der Waals surface area contributed by atoms with Crippen LogP contribution in [0.1, 0.15) is 77.0 Å². The van der Waals surface area contributed by atoms with E-state index in [0.717, 1.165) is 12.3 Å². The van der Waals surface area contributed by atoms with Gasteiger partial charge in [-0.15, -0.1) is 0 Å². The summed E-state index contributed by atoms with van der Waals surface area (Å²) in [6, 6.07) is 0. The molecule has 0 spiro atoms. The van der Waals surface area contributed by atoms with Crippen molar-refractivity contribution in [2.75, 3.05) is 0 Å². The molecule has 0 aromatic heterocycles. The third kappa shape index (κ3) is 3.76. The van der Waals surface area contributed by atoms with Gasteiger partial charge in [0, 0.05) is 0 Å². The quantitative estimate of drug-likeness (QED) is 0.755. The van der Waals surface area contributed by atoms with Gasteiger partial charge in [0.1, 0.15) is 0 Å². The van der Waals surface area contributed by atoms with Crippen molar-refractivity contribution in [1.29, 1.82) is 0 Å². The van der Waals surface area contributed by atoms with Gasteiger partial charge in [-0.1, -0.05) is 51.4 Å². The Morgan fingerprint density at radius 2 is 1.38 bits per heavy atom. The second-order valence-corrected chi connectivity index (χ2v) is 6.05. The van der Waals surface area contributed by atoms with Gasteiger partial charge >= 0.3 is 0 Å². The average Bonchev–Trinajstić information content (AvgIpc) is 2.38. The van der Waals surface area contributed by atoms with E-state index >= 15 is 0 Å². The molecule has 0 radical (unpaired) electrons. The maximum atomic E-state index is 10.2. The second kappa shape index (κ2) is 6.64. The van der Waals surface area contributed by atoms with Gasteiger partial charge in [0.2, 0.25) is 0 Å². The predicted octanol–water partition coefficient (Wildman–Crippen LogP) is 4.29. The van der Waals surface area contributed by atoms with Gasteiger partial charge in [-0.25, -0.2) is 0 Å². The molecule has 2 saturated carbocycles. The lowest BCUT2D eigenvalue weighted by atomic mass is 9.80. The molecule has 1 nitrogen and oxygen atoms in total. The Balaban J connectivity index is 1.63. The molecule has 1 atom stereocenters. The van der Waals surface area contributed by atoms with E-state index in [1.165, 1.54) is 70.6 Å². The summed E-state index contributed by atoms with van der Waals surface area (Å²) in [5.74, 6) is 1.57. The van der Waals surface area contributed by atoms with E-state index in [0.29, 0.717) is 5.92 Å². The summed E-state index contributed by atoms with van der Waals surface area (Å²) >= 11 is 0. The summed E-state index contributed by atoms with van der Waals surface area (Å²) in [6.07, 6.45) is 16.2. The Kier molecular flexibility index (Phi) is 5.15. The summed E-state index contributed by atoms with van der Waals surface area (Å²) in [5.41, 5.74) is 0. The van der Waals surface area contributed by atoms with Crippen molar-refractivity contribution in [2.24, 2.45) is 11.8 Å². The minimum atomic E-state index is 0.0160. The van der Waals surface area contributed by atoms with E-state index in [1.807, 2.05) is 0 Å². The predicted molar refractivity (Wildman–Crippen MR) is 68.4 cm³/mol. The van der Waals surface area contributed by atoms with E-state index in [9.17, 15) is 5.11 Å². The molecule has 1 N–H and O–H groups in total. The van der Waals surface area contributed by atoms with Gasteiger partial charge in [-0.05, 0) is 37.5 Å². The van der Waals surface area contributed by atoms with Crippen molar-refractivity contribution in [3.63, 3.8) is 0 Å². The van der Waals surface area contributed by atoms with E-state index in [1.54, 1.807) is 0 Å². The molecular formula is C15H28O. The molecule has 0 heterocycles. The van der Waals surface area contributed by atoms with Gasteiger partial charge in [-0.3, -0.25) is 0 Å². The van der Waals surface area contributed by atoms with Crippen LogP contribution in [0.3, 0.4) is 0 Å². The van der Waals surface area contributed by atoms with Crippen molar-refractivity contribution in [1.82, 2.24) is 0 Å². The van der Waals surface area contributed by atoms with E-state index in [-0.39, 0.29) is 6.10 Å². The smallest absolute Gasteiger partial charge is 0.0568 e.